The molecule has 27 heavy (non-hydrogen) atoms. The molecule has 3 rings (SSSR count). The zero-order valence-corrected chi connectivity index (χ0v) is 17.2. The molecule has 0 spiro atoms. The van der Waals surface area contributed by atoms with Crippen LogP contribution in [0.4, 0.5) is 0 Å². The highest BCUT2D eigenvalue weighted by molar-refractivity contribution is 7.89. The van der Waals surface area contributed by atoms with Gasteiger partial charge in [-0.15, -0.1) is 0 Å². The molecule has 2 atom stereocenters. The van der Waals surface area contributed by atoms with Gasteiger partial charge in [-0.3, -0.25) is 9.69 Å². The molecule has 150 valence electrons. The number of piperazine rings is 2. The molecule has 1 aromatic carbocycles. The fraction of sp³-hybridized carbons (Fsp3) is 0.632. The van der Waals surface area contributed by atoms with Crippen molar-refractivity contribution in [3.8, 4) is 0 Å². The van der Waals surface area contributed by atoms with Crippen molar-refractivity contribution in [2.45, 2.75) is 37.8 Å². The van der Waals surface area contributed by atoms with Gasteiger partial charge in [0.05, 0.1) is 11.4 Å². The van der Waals surface area contributed by atoms with E-state index < -0.39 is 10.0 Å². The number of carbonyl (C=O) groups excluding carboxylic acids is 1. The highest BCUT2D eigenvalue weighted by Crippen LogP contribution is 2.18. The van der Waals surface area contributed by atoms with Crippen molar-refractivity contribution in [2.75, 3.05) is 45.8 Å². The molecular formula is C19H30N4O3S. The number of rotatable bonds is 4. The zero-order valence-electron chi connectivity index (χ0n) is 16.4. The second-order valence-corrected chi connectivity index (χ2v) is 9.50. The van der Waals surface area contributed by atoms with Crippen molar-refractivity contribution < 1.29 is 13.2 Å². The molecule has 2 unspecified atom stereocenters. The average Bonchev–Trinajstić information content (AvgIpc) is 2.64. The van der Waals surface area contributed by atoms with E-state index in [2.05, 4.69) is 24.1 Å². The van der Waals surface area contributed by atoms with Crippen LogP contribution in [0.5, 0.6) is 0 Å². The Balaban J connectivity index is 1.55. The Morgan fingerprint density at radius 3 is 2.33 bits per heavy atom. The Kier molecular flexibility index (Phi) is 6.20. The Morgan fingerprint density at radius 1 is 1.07 bits per heavy atom. The maximum absolute atomic E-state index is 12.8. The number of nitrogens with zero attached hydrogens (tertiary/aromatic N) is 3. The van der Waals surface area contributed by atoms with Crippen molar-refractivity contribution in [1.29, 1.82) is 0 Å². The molecular weight excluding hydrogens is 364 g/mol. The Labute approximate surface area is 162 Å². The molecule has 2 heterocycles. The topological polar surface area (TPSA) is 73.0 Å². The third-order valence-electron chi connectivity index (χ3n) is 5.70. The standard InChI is InChI=1S/C19H30N4O3S/c1-15-4-6-18(7-5-15)27(25,26)22-12-10-21(11-13-22)14-19(24)23-9-8-20-16(2)17(23)3/h4-7,16-17,20H,8-14H2,1-3H3. The van der Waals surface area contributed by atoms with Gasteiger partial charge in [0.25, 0.3) is 0 Å². The first-order chi connectivity index (χ1) is 12.8. The Morgan fingerprint density at radius 2 is 1.70 bits per heavy atom. The summed E-state index contributed by atoms with van der Waals surface area (Å²) in [5.74, 6) is 0.130. The molecule has 0 radical (unpaired) electrons. The predicted molar refractivity (Wildman–Crippen MR) is 105 cm³/mol. The Bertz CT molecular complexity index is 758. The van der Waals surface area contributed by atoms with Gasteiger partial charge in [-0.05, 0) is 32.9 Å². The van der Waals surface area contributed by atoms with Crippen molar-refractivity contribution in [3.63, 3.8) is 0 Å². The second kappa shape index (κ2) is 8.26. The van der Waals surface area contributed by atoms with E-state index in [1.165, 1.54) is 4.31 Å². The van der Waals surface area contributed by atoms with E-state index in [1.807, 2.05) is 24.0 Å². The first-order valence-corrected chi connectivity index (χ1v) is 11.0. The third-order valence-corrected chi connectivity index (χ3v) is 7.62. The fourth-order valence-corrected chi connectivity index (χ4v) is 5.10. The highest BCUT2D eigenvalue weighted by Gasteiger charge is 2.32. The molecule has 8 heteroatoms. The van der Waals surface area contributed by atoms with Gasteiger partial charge in [-0.1, -0.05) is 17.7 Å². The monoisotopic (exact) mass is 394 g/mol. The summed E-state index contributed by atoms with van der Waals surface area (Å²) in [5, 5.41) is 3.38. The molecule has 1 N–H and O–H groups in total. The van der Waals surface area contributed by atoms with Crippen LogP contribution in [-0.4, -0.2) is 86.3 Å². The normalized spacial score (nSPS) is 25.5. The summed E-state index contributed by atoms with van der Waals surface area (Å²) >= 11 is 0. The van der Waals surface area contributed by atoms with Crippen molar-refractivity contribution >= 4 is 15.9 Å². The smallest absolute Gasteiger partial charge is 0.243 e. The van der Waals surface area contributed by atoms with E-state index in [0.29, 0.717) is 43.7 Å². The lowest BCUT2D eigenvalue weighted by atomic mass is 10.1. The molecule has 2 saturated heterocycles. The zero-order chi connectivity index (χ0) is 19.6. The summed E-state index contributed by atoms with van der Waals surface area (Å²) in [7, 11) is -3.46. The van der Waals surface area contributed by atoms with Crippen LogP contribution >= 0.6 is 0 Å². The van der Waals surface area contributed by atoms with Gasteiger partial charge in [-0.2, -0.15) is 4.31 Å². The van der Waals surface area contributed by atoms with Crippen LogP contribution in [0.15, 0.2) is 29.2 Å². The first-order valence-electron chi connectivity index (χ1n) is 9.61. The van der Waals surface area contributed by atoms with Gasteiger partial charge in [0.1, 0.15) is 0 Å². The lowest BCUT2D eigenvalue weighted by Gasteiger charge is -2.40. The molecule has 0 saturated carbocycles. The van der Waals surface area contributed by atoms with Gasteiger partial charge < -0.3 is 10.2 Å². The number of carbonyl (C=O) groups is 1. The molecule has 7 nitrogen and oxygen atoms in total. The van der Waals surface area contributed by atoms with Gasteiger partial charge in [0.2, 0.25) is 15.9 Å². The SMILES string of the molecule is Cc1ccc(S(=O)(=O)N2CCN(CC(=O)N3CCNC(C)C3C)CC2)cc1. The minimum absolute atomic E-state index is 0.130. The number of nitrogens with one attached hydrogen (secondary N) is 1. The number of hydrogen-bond donors (Lipinski definition) is 1. The molecule has 1 amide bonds. The number of aryl methyl sites for hydroxylation is 1. The van der Waals surface area contributed by atoms with Crippen molar-refractivity contribution in [2.24, 2.45) is 0 Å². The predicted octanol–water partition coefficient (Wildman–Crippen LogP) is 0.510. The van der Waals surface area contributed by atoms with Crippen LogP contribution in [0.3, 0.4) is 0 Å². The maximum atomic E-state index is 12.8. The molecule has 2 aliphatic rings. The van der Waals surface area contributed by atoms with E-state index >= 15 is 0 Å². The molecule has 2 aliphatic heterocycles. The van der Waals surface area contributed by atoms with Crippen LogP contribution in [0.2, 0.25) is 0 Å². The van der Waals surface area contributed by atoms with E-state index in [-0.39, 0.29) is 11.9 Å². The highest BCUT2D eigenvalue weighted by atomic mass is 32.2. The van der Waals surface area contributed by atoms with E-state index in [1.54, 1.807) is 12.1 Å². The molecule has 1 aromatic rings. The molecule has 0 bridgehead atoms. The van der Waals surface area contributed by atoms with Crippen LogP contribution in [0, 0.1) is 6.92 Å². The second-order valence-electron chi connectivity index (χ2n) is 7.56. The summed E-state index contributed by atoms with van der Waals surface area (Å²) in [6.45, 7) is 9.99. The van der Waals surface area contributed by atoms with Gasteiger partial charge >= 0.3 is 0 Å². The van der Waals surface area contributed by atoms with E-state index in [0.717, 1.165) is 18.7 Å². The van der Waals surface area contributed by atoms with Crippen molar-refractivity contribution in [1.82, 2.24) is 19.4 Å². The maximum Gasteiger partial charge on any atom is 0.243 e. The quantitative estimate of drug-likeness (QED) is 0.806. The lowest BCUT2D eigenvalue weighted by molar-refractivity contribution is -0.136. The van der Waals surface area contributed by atoms with Gasteiger partial charge in [-0.25, -0.2) is 8.42 Å². The number of benzene rings is 1. The van der Waals surface area contributed by atoms with Crippen LogP contribution in [0.1, 0.15) is 19.4 Å². The van der Waals surface area contributed by atoms with Crippen molar-refractivity contribution in [3.05, 3.63) is 29.8 Å². The molecule has 0 aliphatic carbocycles. The minimum Gasteiger partial charge on any atom is -0.336 e. The van der Waals surface area contributed by atoms with Gasteiger partial charge in [0.15, 0.2) is 0 Å². The molecule has 0 aromatic heterocycles. The summed E-state index contributed by atoms with van der Waals surface area (Å²) in [6.07, 6.45) is 0. The number of amides is 1. The van der Waals surface area contributed by atoms with E-state index in [9.17, 15) is 13.2 Å². The summed E-state index contributed by atoms with van der Waals surface area (Å²) in [4.78, 5) is 17.0. The third kappa shape index (κ3) is 4.51. The number of hydrogen-bond acceptors (Lipinski definition) is 5. The Hall–Kier alpha value is -1.48. The average molecular weight is 395 g/mol. The molecule has 2 fully saturated rings. The summed E-state index contributed by atoms with van der Waals surface area (Å²) in [6, 6.07) is 7.42. The van der Waals surface area contributed by atoms with E-state index in [4.69, 9.17) is 0 Å². The van der Waals surface area contributed by atoms with Crippen LogP contribution in [0.25, 0.3) is 0 Å². The minimum atomic E-state index is -3.46. The number of sulfonamides is 1. The summed E-state index contributed by atoms with van der Waals surface area (Å²) < 4.78 is 27.1. The lowest BCUT2D eigenvalue weighted by Crippen LogP contribution is -2.59. The van der Waals surface area contributed by atoms with Gasteiger partial charge in [0, 0.05) is 51.4 Å². The van der Waals surface area contributed by atoms with Crippen LogP contribution < -0.4 is 5.32 Å². The largest absolute Gasteiger partial charge is 0.336 e. The fourth-order valence-electron chi connectivity index (χ4n) is 3.68. The first kappa shape index (κ1) is 20.3. The summed E-state index contributed by atoms with van der Waals surface area (Å²) in [5.41, 5.74) is 1.04. The van der Waals surface area contributed by atoms with Crippen LogP contribution in [-0.2, 0) is 14.8 Å².